The SMILES string of the molecule is CN(C)C1CCN(C(CN)c2cc(F)c(F)cc2F)C1. The van der Waals surface area contributed by atoms with Gasteiger partial charge in [0.1, 0.15) is 5.82 Å². The van der Waals surface area contributed by atoms with Gasteiger partial charge in [0.15, 0.2) is 11.6 Å². The van der Waals surface area contributed by atoms with Crippen LogP contribution in [0.2, 0.25) is 0 Å². The molecule has 2 rings (SSSR count). The summed E-state index contributed by atoms with van der Waals surface area (Å²) in [4.78, 5) is 4.13. The fourth-order valence-electron chi connectivity index (χ4n) is 2.74. The maximum Gasteiger partial charge on any atom is 0.161 e. The lowest BCUT2D eigenvalue weighted by Gasteiger charge is -2.28. The summed E-state index contributed by atoms with van der Waals surface area (Å²) in [7, 11) is 3.98. The average molecular weight is 287 g/mol. The van der Waals surface area contributed by atoms with Crippen molar-refractivity contribution in [2.24, 2.45) is 5.73 Å². The zero-order valence-electron chi connectivity index (χ0n) is 11.7. The first-order chi connectivity index (χ1) is 9.43. The molecule has 1 saturated heterocycles. The third-order valence-electron chi connectivity index (χ3n) is 3.99. The van der Waals surface area contributed by atoms with E-state index in [1.54, 1.807) is 0 Å². The molecule has 1 heterocycles. The topological polar surface area (TPSA) is 32.5 Å². The Morgan fingerprint density at radius 3 is 2.45 bits per heavy atom. The fourth-order valence-corrected chi connectivity index (χ4v) is 2.74. The summed E-state index contributed by atoms with van der Waals surface area (Å²) in [5.74, 6) is -2.95. The third-order valence-corrected chi connectivity index (χ3v) is 3.99. The van der Waals surface area contributed by atoms with Crippen molar-refractivity contribution < 1.29 is 13.2 Å². The Bertz CT molecular complexity index is 479. The number of rotatable bonds is 4. The number of nitrogens with two attached hydrogens (primary N) is 1. The summed E-state index contributed by atoms with van der Waals surface area (Å²) in [6.07, 6.45) is 0.953. The molecule has 2 atom stereocenters. The molecule has 1 aromatic rings. The van der Waals surface area contributed by atoms with Crippen molar-refractivity contribution in [3.8, 4) is 0 Å². The Balaban J connectivity index is 2.23. The van der Waals surface area contributed by atoms with Crippen molar-refractivity contribution in [1.82, 2.24) is 9.80 Å². The lowest BCUT2D eigenvalue weighted by Crippen LogP contribution is -2.36. The van der Waals surface area contributed by atoms with Crippen LogP contribution in [0.5, 0.6) is 0 Å². The summed E-state index contributed by atoms with van der Waals surface area (Å²) in [5, 5.41) is 0. The van der Waals surface area contributed by atoms with Crippen molar-refractivity contribution in [2.75, 3.05) is 33.7 Å². The lowest BCUT2D eigenvalue weighted by atomic mass is 10.0. The van der Waals surface area contributed by atoms with Crippen molar-refractivity contribution in [3.05, 3.63) is 35.1 Å². The molecule has 20 heavy (non-hydrogen) atoms. The fraction of sp³-hybridized carbons (Fsp3) is 0.571. The summed E-state index contributed by atoms with van der Waals surface area (Å²) in [6.45, 7) is 1.68. The number of nitrogens with zero attached hydrogens (tertiary/aromatic N) is 2. The molecule has 0 aromatic heterocycles. The molecule has 1 aliphatic heterocycles. The largest absolute Gasteiger partial charge is 0.329 e. The van der Waals surface area contributed by atoms with Crippen LogP contribution in [-0.4, -0.2) is 49.6 Å². The quantitative estimate of drug-likeness (QED) is 0.856. The third kappa shape index (κ3) is 2.97. The minimum atomic E-state index is -1.17. The normalized spacial score (nSPS) is 21.6. The average Bonchev–Trinajstić information content (AvgIpc) is 2.86. The van der Waals surface area contributed by atoms with Crippen molar-refractivity contribution in [3.63, 3.8) is 0 Å². The Morgan fingerprint density at radius 2 is 1.90 bits per heavy atom. The standard InChI is InChI=1S/C14H20F3N3/c1-19(2)9-3-4-20(8-9)14(7-18)10-5-12(16)13(17)6-11(10)15/h5-6,9,14H,3-4,7-8,18H2,1-2H3. The van der Waals surface area contributed by atoms with Gasteiger partial charge in [-0.1, -0.05) is 0 Å². The molecule has 2 N–H and O–H groups in total. The minimum absolute atomic E-state index is 0.130. The first-order valence-electron chi connectivity index (χ1n) is 6.69. The highest BCUT2D eigenvalue weighted by molar-refractivity contribution is 5.24. The molecule has 1 aliphatic rings. The monoisotopic (exact) mass is 287 g/mol. The van der Waals surface area contributed by atoms with Crippen LogP contribution < -0.4 is 5.73 Å². The van der Waals surface area contributed by atoms with Crippen molar-refractivity contribution in [1.29, 1.82) is 0 Å². The molecule has 0 aliphatic carbocycles. The first kappa shape index (κ1) is 15.3. The van der Waals surface area contributed by atoms with E-state index >= 15 is 0 Å². The highest BCUT2D eigenvalue weighted by Gasteiger charge is 2.31. The van der Waals surface area contributed by atoms with Crippen LogP contribution in [0.15, 0.2) is 12.1 Å². The molecule has 0 radical (unpaired) electrons. The van der Waals surface area contributed by atoms with E-state index in [1.165, 1.54) is 0 Å². The highest BCUT2D eigenvalue weighted by atomic mass is 19.2. The summed E-state index contributed by atoms with van der Waals surface area (Å²) in [5.41, 5.74) is 5.86. The van der Waals surface area contributed by atoms with Gasteiger partial charge in [-0.2, -0.15) is 0 Å². The Morgan fingerprint density at radius 1 is 1.25 bits per heavy atom. The second-order valence-corrected chi connectivity index (χ2v) is 5.44. The van der Waals surface area contributed by atoms with E-state index in [9.17, 15) is 13.2 Å². The van der Waals surface area contributed by atoms with Gasteiger partial charge in [0.2, 0.25) is 0 Å². The molecular formula is C14H20F3N3. The van der Waals surface area contributed by atoms with Crippen LogP contribution >= 0.6 is 0 Å². The lowest BCUT2D eigenvalue weighted by molar-refractivity contribution is 0.216. The number of hydrogen-bond donors (Lipinski definition) is 1. The second-order valence-electron chi connectivity index (χ2n) is 5.44. The Labute approximate surface area is 117 Å². The number of hydrogen-bond acceptors (Lipinski definition) is 3. The number of likely N-dealkylation sites (N-methyl/N-ethyl adjacent to an activating group) is 1. The van der Waals surface area contributed by atoms with Gasteiger partial charge in [0.05, 0.1) is 6.04 Å². The van der Waals surface area contributed by atoms with Crippen LogP contribution in [0, 0.1) is 17.5 Å². The predicted molar refractivity (Wildman–Crippen MR) is 71.8 cm³/mol. The molecule has 0 bridgehead atoms. The van der Waals surface area contributed by atoms with Gasteiger partial charge in [-0.15, -0.1) is 0 Å². The predicted octanol–water partition coefficient (Wildman–Crippen LogP) is 1.74. The summed E-state index contributed by atoms with van der Waals surface area (Å²) >= 11 is 0. The summed E-state index contributed by atoms with van der Waals surface area (Å²) < 4.78 is 40.2. The molecule has 0 amide bonds. The molecule has 1 fully saturated rings. The zero-order chi connectivity index (χ0) is 14.9. The highest BCUT2D eigenvalue weighted by Crippen LogP contribution is 2.28. The number of benzene rings is 1. The molecule has 112 valence electrons. The van der Waals surface area contributed by atoms with E-state index in [0.29, 0.717) is 12.1 Å². The molecular weight excluding hydrogens is 267 g/mol. The molecule has 0 saturated carbocycles. The molecule has 3 nitrogen and oxygen atoms in total. The maximum atomic E-state index is 13.9. The second kappa shape index (κ2) is 6.11. The number of likely N-dealkylation sites (tertiary alicyclic amines) is 1. The van der Waals surface area contributed by atoms with Crippen LogP contribution in [0.1, 0.15) is 18.0 Å². The van der Waals surface area contributed by atoms with Gasteiger partial charge in [0, 0.05) is 37.3 Å². The van der Waals surface area contributed by atoms with Crippen LogP contribution in [0.25, 0.3) is 0 Å². The van der Waals surface area contributed by atoms with E-state index in [1.807, 2.05) is 19.0 Å². The van der Waals surface area contributed by atoms with E-state index in [0.717, 1.165) is 25.6 Å². The van der Waals surface area contributed by atoms with Gasteiger partial charge >= 0.3 is 0 Å². The van der Waals surface area contributed by atoms with Crippen LogP contribution in [0.4, 0.5) is 13.2 Å². The van der Waals surface area contributed by atoms with Gasteiger partial charge in [-0.05, 0) is 26.6 Å². The Hall–Kier alpha value is -1.11. The number of halogens is 3. The van der Waals surface area contributed by atoms with E-state index in [2.05, 4.69) is 4.90 Å². The molecule has 2 unspecified atom stereocenters. The molecule has 0 spiro atoms. The van der Waals surface area contributed by atoms with E-state index in [-0.39, 0.29) is 12.1 Å². The van der Waals surface area contributed by atoms with Crippen LogP contribution in [0.3, 0.4) is 0 Å². The molecule has 1 aromatic carbocycles. The van der Waals surface area contributed by atoms with Gasteiger partial charge < -0.3 is 10.6 Å². The summed E-state index contributed by atoms with van der Waals surface area (Å²) in [6, 6.07) is 1.46. The molecule has 6 heteroatoms. The maximum absolute atomic E-state index is 13.9. The zero-order valence-corrected chi connectivity index (χ0v) is 11.7. The van der Waals surface area contributed by atoms with Crippen LogP contribution in [-0.2, 0) is 0 Å². The van der Waals surface area contributed by atoms with Gasteiger partial charge in [0.25, 0.3) is 0 Å². The van der Waals surface area contributed by atoms with Gasteiger partial charge in [-0.25, -0.2) is 13.2 Å². The van der Waals surface area contributed by atoms with E-state index in [4.69, 9.17) is 5.73 Å². The van der Waals surface area contributed by atoms with Gasteiger partial charge in [-0.3, -0.25) is 4.90 Å². The minimum Gasteiger partial charge on any atom is -0.329 e. The smallest absolute Gasteiger partial charge is 0.161 e. The van der Waals surface area contributed by atoms with Crippen molar-refractivity contribution >= 4 is 0 Å². The van der Waals surface area contributed by atoms with Crippen molar-refractivity contribution in [2.45, 2.75) is 18.5 Å². The van der Waals surface area contributed by atoms with E-state index < -0.39 is 23.5 Å². The first-order valence-corrected chi connectivity index (χ1v) is 6.69. The Kier molecular flexibility index (Phi) is 4.67.